The number of furan rings is 1. The molecule has 0 spiro atoms. The predicted octanol–water partition coefficient (Wildman–Crippen LogP) is 5.45. The van der Waals surface area contributed by atoms with E-state index in [-0.39, 0.29) is 29.1 Å². The molecule has 32 heavy (non-hydrogen) atoms. The van der Waals surface area contributed by atoms with Gasteiger partial charge in [-0.3, -0.25) is 9.69 Å². The highest BCUT2D eigenvalue weighted by Gasteiger charge is 2.32. The van der Waals surface area contributed by atoms with E-state index < -0.39 is 11.7 Å². The van der Waals surface area contributed by atoms with E-state index in [0.717, 1.165) is 17.7 Å². The number of hydrogen-bond acceptors (Lipinski definition) is 4. The molecule has 0 bridgehead atoms. The Bertz CT molecular complexity index is 1220. The van der Waals surface area contributed by atoms with E-state index in [0.29, 0.717) is 17.2 Å². The molecular formula is C23H17F3N2O3S. The van der Waals surface area contributed by atoms with Crippen LogP contribution in [-0.4, -0.2) is 11.0 Å². The van der Waals surface area contributed by atoms with Crippen LogP contribution >= 0.6 is 12.2 Å². The van der Waals surface area contributed by atoms with Crippen molar-refractivity contribution in [3.8, 4) is 5.75 Å². The number of carbonyl (C=O) groups is 1. The fourth-order valence-corrected chi connectivity index (χ4v) is 3.44. The van der Waals surface area contributed by atoms with Gasteiger partial charge < -0.3 is 14.5 Å². The van der Waals surface area contributed by atoms with Crippen LogP contribution in [0, 0.1) is 6.92 Å². The number of thiocarbonyl (C=S) groups is 1. The summed E-state index contributed by atoms with van der Waals surface area (Å²) in [6.07, 6.45) is -2.94. The van der Waals surface area contributed by atoms with Crippen molar-refractivity contribution in [3.05, 3.63) is 89.0 Å². The maximum absolute atomic E-state index is 12.8. The Morgan fingerprint density at radius 1 is 1.12 bits per heavy atom. The molecule has 0 atom stereocenters. The molecule has 0 radical (unpaired) electrons. The lowest BCUT2D eigenvalue weighted by Crippen LogP contribution is -2.30. The first-order chi connectivity index (χ1) is 15.2. The molecule has 1 fully saturated rings. The molecule has 2 heterocycles. The summed E-state index contributed by atoms with van der Waals surface area (Å²) in [5, 5.41) is 3.13. The van der Waals surface area contributed by atoms with Crippen molar-refractivity contribution < 1.29 is 27.1 Å². The number of carbonyl (C=O) groups excluding carboxylic acids is 1. The Balaban J connectivity index is 1.45. The third kappa shape index (κ3) is 4.67. The number of aryl methyl sites for hydroxylation is 1. The molecule has 1 aliphatic heterocycles. The first-order valence-electron chi connectivity index (χ1n) is 9.53. The number of anilines is 1. The van der Waals surface area contributed by atoms with E-state index in [9.17, 15) is 18.0 Å². The Kier molecular flexibility index (Phi) is 5.75. The highest BCUT2D eigenvalue weighted by Crippen LogP contribution is 2.31. The van der Waals surface area contributed by atoms with Crippen LogP contribution < -0.4 is 15.0 Å². The van der Waals surface area contributed by atoms with Gasteiger partial charge in [-0.25, -0.2) is 0 Å². The molecule has 4 rings (SSSR count). The topological polar surface area (TPSA) is 54.7 Å². The van der Waals surface area contributed by atoms with Crippen LogP contribution in [0.2, 0.25) is 0 Å². The van der Waals surface area contributed by atoms with Crippen molar-refractivity contribution in [1.82, 2.24) is 5.32 Å². The number of hydrogen-bond donors (Lipinski definition) is 1. The molecule has 1 aromatic heterocycles. The van der Waals surface area contributed by atoms with Gasteiger partial charge in [0.1, 0.15) is 29.6 Å². The third-order valence-corrected chi connectivity index (χ3v) is 4.93. The van der Waals surface area contributed by atoms with Crippen LogP contribution in [0.4, 0.5) is 18.9 Å². The van der Waals surface area contributed by atoms with Crippen molar-refractivity contribution in [2.24, 2.45) is 0 Å². The van der Waals surface area contributed by atoms with Crippen LogP contribution in [0.5, 0.6) is 5.75 Å². The minimum Gasteiger partial charge on any atom is -0.486 e. The second-order valence-corrected chi connectivity index (χ2v) is 7.47. The first-order valence-corrected chi connectivity index (χ1v) is 9.94. The summed E-state index contributed by atoms with van der Waals surface area (Å²) in [6, 6.07) is 15.3. The van der Waals surface area contributed by atoms with Gasteiger partial charge in [-0.2, -0.15) is 13.2 Å². The molecule has 1 aliphatic rings. The molecule has 3 aromatic rings. The van der Waals surface area contributed by atoms with Gasteiger partial charge in [0, 0.05) is 6.08 Å². The zero-order chi connectivity index (χ0) is 22.9. The average molecular weight is 458 g/mol. The van der Waals surface area contributed by atoms with Crippen molar-refractivity contribution in [3.63, 3.8) is 0 Å². The molecule has 1 amide bonds. The standard InChI is InChI=1S/C23H17F3N2O3S/c1-14-4-2-6-16(10-14)28-21(29)20(27-22(28)32)12-18-8-9-19(31-18)13-30-17-7-3-5-15(11-17)23(24,25)26/h2-12H,13H2,1H3,(H,27,32)/b20-12+. The molecule has 0 aliphatic carbocycles. The largest absolute Gasteiger partial charge is 0.486 e. The maximum Gasteiger partial charge on any atom is 0.416 e. The fourth-order valence-electron chi connectivity index (χ4n) is 3.15. The Labute approximate surface area is 187 Å². The van der Waals surface area contributed by atoms with Gasteiger partial charge in [-0.15, -0.1) is 0 Å². The SMILES string of the molecule is Cc1cccc(N2C(=O)/C(=C\c3ccc(COc4cccc(C(F)(F)F)c4)o3)NC2=S)c1. The molecule has 164 valence electrons. The maximum atomic E-state index is 12.8. The number of alkyl halides is 3. The summed E-state index contributed by atoms with van der Waals surface area (Å²) < 4.78 is 49.5. The summed E-state index contributed by atoms with van der Waals surface area (Å²) in [5.41, 5.74) is 1.11. The van der Waals surface area contributed by atoms with Crippen molar-refractivity contribution >= 4 is 35.0 Å². The zero-order valence-electron chi connectivity index (χ0n) is 16.8. The Morgan fingerprint density at radius 3 is 2.66 bits per heavy atom. The highest BCUT2D eigenvalue weighted by atomic mass is 32.1. The highest BCUT2D eigenvalue weighted by molar-refractivity contribution is 7.80. The normalized spacial score (nSPS) is 15.4. The monoisotopic (exact) mass is 458 g/mol. The summed E-state index contributed by atoms with van der Waals surface area (Å²) in [7, 11) is 0. The van der Waals surface area contributed by atoms with E-state index in [1.54, 1.807) is 18.2 Å². The van der Waals surface area contributed by atoms with Gasteiger partial charge >= 0.3 is 6.18 Å². The molecular weight excluding hydrogens is 441 g/mol. The Hall–Kier alpha value is -3.59. The van der Waals surface area contributed by atoms with E-state index in [1.807, 2.05) is 25.1 Å². The van der Waals surface area contributed by atoms with Crippen LogP contribution in [0.1, 0.15) is 22.6 Å². The summed E-state index contributed by atoms with van der Waals surface area (Å²) in [4.78, 5) is 14.2. The van der Waals surface area contributed by atoms with Crippen LogP contribution in [-0.2, 0) is 17.6 Å². The number of amides is 1. The molecule has 0 saturated carbocycles. The molecule has 0 unspecified atom stereocenters. The number of rotatable bonds is 5. The van der Waals surface area contributed by atoms with Gasteiger partial charge in [-0.1, -0.05) is 18.2 Å². The van der Waals surface area contributed by atoms with Crippen molar-refractivity contribution in [2.75, 3.05) is 4.90 Å². The molecule has 5 nitrogen and oxygen atoms in total. The average Bonchev–Trinajstić information content (AvgIpc) is 3.30. The van der Waals surface area contributed by atoms with E-state index in [2.05, 4.69) is 5.32 Å². The van der Waals surface area contributed by atoms with Gasteiger partial charge in [0.15, 0.2) is 5.11 Å². The van der Waals surface area contributed by atoms with Gasteiger partial charge in [-0.05, 0) is 67.2 Å². The predicted molar refractivity (Wildman–Crippen MR) is 117 cm³/mol. The van der Waals surface area contributed by atoms with Gasteiger partial charge in [0.05, 0.1) is 11.3 Å². The number of ether oxygens (including phenoxy) is 1. The summed E-state index contributed by atoms with van der Waals surface area (Å²) >= 11 is 5.30. The minimum atomic E-state index is -4.45. The Morgan fingerprint density at radius 2 is 1.91 bits per heavy atom. The number of halogens is 3. The van der Waals surface area contributed by atoms with Gasteiger partial charge in [0.2, 0.25) is 0 Å². The minimum absolute atomic E-state index is 0.0698. The molecule has 2 aromatic carbocycles. The lowest BCUT2D eigenvalue weighted by molar-refractivity contribution is -0.137. The fraction of sp³-hybridized carbons (Fsp3) is 0.130. The quantitative estimate of drug-likeness (QED) is 0.407. The van der Waals surface area contributed by atoms with E-state index in [4.69, 9.17) is 21.4 Å². The van der Waals surface area contributed by atoms with Crippen LogP contribution in [0.25, 0.3) is 6.08 Å². The van der Waals surface area contributed by atoms with Crippen molar-refractivity contribution in [2.45, 2.75) is 19.7 Å². The van der Waals surface area contributed by atoms with Crippen molar-refractivity contribution in [1.29, 1.82) is 0 Å². The second kappa shape index (κ2) is 8.51. The molecule has 1 N–H and O–H groups in total. The van der Waals surface area contributed by atoms with Crippen LogP contribution in [0.3, 0.4) is 0 Å². The first kappa shape index (κ1) is 21.6. The second-order valence-electron chi connectivity index (χ2n) is 7.09. The molecule has 1 saturated heterocycles. The third-order valence-electron chi connectivity index (χ3n) is 4.65. The van der Waals surface area contributed by atoms with E-state index in [1.165, 1.54) is 23.1 Å². The smallest absolute Gasteiger partial charge is 0.416 e. The van der Waals surface area contributed by atoms with Gasteiger partial charge in [0.25, 0.3) is 5.91 Å². The number of nitrogens with zero attached hydrogens (tertiary/aromatic N) is 1. The van der Waals surface area contributed by atoms with Crippen LogP contribution in [0.15, 0.2) is 70.8 Å². The zero-order valence-corrected chi connectivity index (χ0v) is 17.6. The number of nitrogens with one attached hydrogen (secondary N) is 1. The lowest BCUT2D eigenvalue weighted by Gasteiger charge is -2.14. The summed E-state index contributed by atoms with van der Waals surface area (Å²) in [6.45, 7) is 1.85. The van der Waals surface area contributed by atoms with E-state index >= 15 is 0 Å². The summed E-state index contributed by atoms with van der Waals surface area (Å²) in [5.74, 6) is 0.511. The number of benzene rings is 2. The lowest BCUT2D eigenvalue weighted by atomic mass is 10.2. The molecule has 9 heteroatoms.